The number of hydrogen-bond acceptors (Lipinski definition) is 5. The average Bonchev–Trinajstić information content (AvgIpc) is 3.26. The first-order valence-electron chi connectivity index (χ1n) is 6.46. The lowest BCUT2D eigenvalue weighted by molar-refractivity contribution is -0.120. The van der Waals surface area contributed by atoms with Gasteiger partial charge in [0.05, 0.1) is 21.3 Å². The zero-order valence-electron chi connectivity index (χ0n) is 11.9. The molecule has 0 aromatic heterocycles. The summed E-state index contributed by atoms with van der Waals surface area (Å²) in [5.74, 6) is 1.08. The fraction of sp³-hybridized carbons (Fsp3) is 0.500. The quantitative estimate of drug-likeness (QED) is 0.778. The van der Waals surface area contributed by atoms with E-state index in [0.717, 1.165) is 12.8 Å². The smallest absolute Gasteiger partial charge is 0.239 e. The predicted molar refractivity (Wildman–Crippen MR) is 74.2 cm³/mol. The molecule has 1 aliphatic rings. The van der Waals surface area contributed by atoms with Crippen molar-refractivity contribution >= 4 is 5.91 Å². The molecule has 0 heterocycles. The van der Waals surface area contributed by atoms with Gasteiger partial charge in [0, 0.05) is 6.04 Å². The Bertz CT molecular complexity index is 475. The predicted octanol–water partition coefficient (Wildman–Crippen LogP) is 0.991. The van der Waals surface area contributed by atoms with Crippen LogP contribution in [0, 0.1) is 0 Å². The van der Waals surface area contributed by atoms with E-state index in [9.17, 15) is 4.79 Å². The largest absolute Gasteiger partial charge is 0.493 e. The highest BCUT2D eigenvalue weighted by molar-refractivity contribution is 5.82. The van der Waals surface area contributed by atoms with E-state index in [-0.39, 0.29) is 0 Å². The first-order chi connectivity index (χ1) is 9.60. The first-order valence-corrected chi connectivity index (χ1v) is 6.46. The monoisotopic (exact) mass is 280 g/mol. The molecule has 20 heavy (non-hydrogen) atoms. The molecular formula is C14H20N2O4. The highest BCUT2D eigenvalue weighted by atomic mass is 16.5. The lowest BCUT2D eigenvalue weighted by Gasteiger charge is -2.19. The van der Waals surface area contributed by atoms with Crippen LogP contribution in [-0.2, 0) is 4.79 Å². The van der Waals surface area contributed by atoms with Crippen LogP contribution in [0.2, 0.25) is 0 Å². The zero-order valence-corrected chi connectivity index (χ0v) is 11.9. The third kappa shape index (κ3) is 2.96. The van der Waals surface area contributed by atoms with Gasteiger partial charge in [0.2, 0.25) is 11.7 Å². The number of benzene rings is 1. The number of carbonyl (C=O) groups is 1. The minimum absolute atomic E-state index is 0.353. The van der Waals surface area contributed by atoms with Gasteiger partial charge in [-0.2, -0.15) is 0 Å². The van der Waals surface area contributed by atoms with Crippen molar-refractivity contribution in [1.82, 2.24) is 5.32 Å². The van der Waals surface area contributed by atoms with Crippen LogP contribution in [0.15, 0.2) is 12.1 Å². The molecular weight excluding hydrogens is 260 g/mol. The molecule has 1 atom stereocenters. The molecule has 6 nitrogen and oxygen atoms in total. The van der Waals surface area contributed by atoms with Crippen molar-refractivity contribution in [2.45, 2.75) is 24.9 Å². The lowest BCUT2D eigenvalue weighted by atomic mass is 10.0. The van der Waals surface area contributed by atoms with Gasteiger partial charge in [-0.25, -0.2) is 0 Å². The van der Waals surface area contributed by atoms with Crippen molar-refractivity contribution in [1.29, 1.82) is 0 Å². The maximum atomic E-state index is 11.7. The average molecular weight is 280 g/mol. The maximum absolute atomic E-state index is 11.7. The summed E-state index contributed by atoms with van der Waals surface area (Å²) >= 11 is 0. The van der Waals surface area contributed by atoms with Crippen LogP contribution in [0.25, 0.3) is 0 Å². The topological polar surface area (TPSA) is 82.8 Å². The molecule has 1 aromatic rings. The van der Waals surface area contributed by atoms with Gasteiger partial charge in [-0.15, -0.1) is 0 Å². The SMILES string of the molecule is COc1cc(C(NC2CC2)C(N)=O)cc(OC)c1OC. The van der Waals surface area contributed by atoms with E-state index in [2.05, 4.69) is 5.32 Å². The Labute approximate surface area is 118 Å². The molecule has 1 aliphatic carbocycles. The van der Waals surface area contributed by atoms with E-state index >= 15 is 0 Å². The summed E-state index contributed by atoms with van der Waals surface area (Å²) < 4.78 is 15.8. The molecule has 0 spiro atoms. The van der Waals surface area contributed by atoms with Crippen LogP contribution in [0.5, 0.6) is 17.2 Å². The van der Waals surface area contributed by atoms with Crippen LogP contribution >= 0.6 is 0 Å². The summed E-state index contributed by atoms with van der Waals surface area (Å²) in [6, 6.07) is 3.28. The van der Waals surface area contributed by atoms with Crippen LogP contribution in [-0.4, -0.2) is 33.3 Å². The maximum Gasteiger partial charge on any atom is 0.239 e. The molecule has 1 saturated carbocycles. The summed E-state index contributed by atoms with van der Waals surface area (Å²) in [7, 11) is 4.61. The molecule has 1 aromatic carbocycles. The van der Waals surface area contributed by atoms with Crippen molar-refractivity contribution in [3.05, 3.63) is 17.7 Å². The van der Waals surface area contributed by atoms with Crippen molar-refractivity contribution in [3.8, 4) is 17.2 Å². The van der Waals surface area contributed by atoms with Gasteiger partial charge in [0.1, 0.15) is 6.04 Å². The second-order valence-corrected chi connectivity index (χ2v) is 4.73. The first kappa shape index (κ1) is 14.5. The number of hydrogen-bond donors (Lipinski definition) is 2. The number of primary amides is 1. The number of methoxy groups -OCH3 is 3. The van der Waals surface area contributed by atoms with Gasteiger partial charge in [0.15, 0.2) is 11.5 Å². The van der Waals surface area contributed by atoms with E-state index in [1.165, 1.54) is 21.3 Å². The standard InChI is InChI=1S/C14H20N2O4/c1-18-10-6-8(7-11(19-2)13(10)20-3)12(14(15)17)16-9-4-5-9/h6-7,9,12,16H,4-5H2,1-3H3,(H2,15,17). The van der Waals surface area contributed by atoms with E-state index in [0.29, 0.717) is 28.9 Å². The van der Waals surface area contributed by atoms with E-state index in [1.807, 2.05) is 0 Å². The molecule has 2 rings (SSSR count). The minimum Gasteiger partial charge on any atom is -0.493 e. The second kappa shape index (κ2) is 6.00. The number of rotatable bonds is 7. The molecule has 6 heteroatoms. The van der Waals surface area contributed by atoms with Gasteiger partial charge in [-0.1, -0.05) is 0 Å². The minimum atomic E-state index is -0.559. The summed E-state index contributed by atoms with van der Waals surface area (Å²) in [6.07, 6.45) is 2.13. The molecule has 1 amide bonds. The third-order valence-electron chi connectivity index (χ3n) is 3.28. The Morgan fingerprint density at radius 2 is 1.75 bits per heavy atom. The molecule has 0 aliphatic heterocycles. The Morgan fingerprint density at radius 3 is 2.10 bits per heavy atom. The Hall–Kier alpha value is -1.95. The zero-order chi connectivity index (χ0) is 14.7. The molecule has 0 bridgehead atoms. The fourth-order valence-electron chi connectivity index (χ4n) is 2.10. The van der Waals surface area contributed by atoms with Crippen molar-refractivity contribution < 1.29 is 19.0 Å². The number of nitrogens with one attached hydrogen (secondary N) is 1. The molecule has 0 saturated heterocycles. The van der Waals surface area contributed by atoms with Gasteiger partial charge in [-0.3, -0.25) is 10.1 Å². The summed E-state index contributed by atoms with van der Waals surface area (Å²) in [5.41, 5.74) is 6.19. The molecule has 1 fully saturated rings. The normalized spacial score (nSPS) is 15.6. The summed E-state index contributed by atoms with van der Waals surface area (Å²) in [4.78, 5) is 11.7. The van der Waals surface area contributed by atoms with Crippen LogP contribution in [0.3, 0.4) is 0 Å². The lowest BCUT2D eigenvalue weighted by Crippen LogP contribution is -2.34. The van der Waals surface area contributed by atoms with Crippen molar-refractivity contribution in [2.24, 2.45) is 5.73 Å². The van der Waals surface area contributed by atoms with Gasteiger partial charge in [0.25, 0.3) is 0 Å². The number of ether oxygens (including phenoxy) is 3. The Balaban J connectivity index is 2.40. The second-order valence-electron chi connectivity index (χ2n) is 4.73. The number of amides is 1. The highest BCUT2D eigenvalue weighted by Gasteiger charge is 2.29. The summed E-state index contributed by atoms with van der Waals surface area (Å²) in [5, 5.41) is 3.22. The summed E-state index contributed by atoms with van der Waals surface area (Å²) in [6.45, 7) is 0. The molecule has 1 unspecified atom stereocenters. The number of carbonyl (C=O) groups excluding carboxylic acids is 1. The van der Waals surface area contributed by atoms with Crippen LogP contribution < -0.4 is 25.3 Å². The van der Waals surface area contributed by atoms with Gasteiger partial charge < -0.3 is 19.9 Å². The molecule has 0 radical (unpaired) electrons. The molecule has 110 valence electrons. The van der Waals surface area contributed by atoms with Crippen LogP contribution in [0.1, 0.15) is 24.4 Å². The van der Waals surface area contributed by atoms with Crippen molar-refractivity contribution in [2.75, 3.05) is 21.3 Å². The van der Waals surface area contributed by atoms with Gasteiger partial charge >= 0.3 is 0 Å². The third-order valence-corrected chi connectivity index (χ3v) is 3.28. The fourth-order valence-corrected chi connectivity index (χ4v) is 2.10. The van der Waals surface area contributed by atoms with E-state index in [1.54, 1.807) is 12.1 Å². The molecule has 3 N–H and O–H groups in total. The number of nitrogens with two attached hydrogens (primary N) is 1. The van der Waals surface area contributed by atoms with E-state index < -0.39 is 11.9 Å². The van der Waals surface area contributed by atoms with E-state index in [4.69, 9.17) is 19.9 Å². The van der Waals surface area contributed by atoms with Crippen molar-refractivity contribution in [3.63, 3.8) is 0 Å². The van der Waals surface area contributed by atoms with Gasteiger partial charge in [-0.05, 0) is 30.5 Å². The highest BCUT2D eigenvalue weighted by Crippen LogP contribution is 2.40. The van der Waals surface area contributed by atoms with Crippen LogP contribution in [0.4, 0.5) is 0 Å². The Morgan fingerprint density at radius 1 is 1.20 bits per heavy atom. The Kier molecular flexibility index (Phi) is 4.34.